The number of phenols is 1. The van der Waals surface area contributed by atoms with Crippen LogP contribution in [0.15, 0.2) is 18.2 Å². The second-order valence-electron chi connectivity index (χ2n) is 14.8. The lowest BCUT2D eigenvalue weighted by atomic mass is 9.52. The molecular formula is C35H47F9O4. The number of phenolic OH excluding ortho intramolecular Hbond substituents is 1. The van der Waals surface area contributed by atoms with Crippen LogP contribution in [-0.4, -0.2) is 51.3 Å². The summed E-state index contributed by atoms with van der Waals surface area (Å²) in [4.78, 5) is 11.6. The Kier molecular flexibility index (Phi) is 11.7. The number of aliphatic hydroxyl groups excluding tert-OH is 1. The van der Waals surface area contributed by atoms with E-state index < -0.39 is 55.1 Å². The van der Waals surface area contributed by atoms with Crippen LogP contribution in [0.1, 0.15) is 120 Å². The Hall–Kier alpha value is -2.18. The van der Waals surface area contributed by atoms with E-state index >= 15 is 0 Å². The molecule has 0 aromatic heterocycles. The first-order valence-electron chi connectivity index (χ1n) is 17.2. The number of carbonyl (C=O) groups is 1. The number of fused-ring (bicyclic) bond motifs is 5. The van der Waals surface area contributed by atoms with E-state index in [0.29, 0.717) is 36.5 Å². The van der Waals surface area contributed by atoms with Crippen LogP contribution in [0.25, 0.3) is 0 Å². The van der Waals surface area contributed by atoms with E-state index in [-0.39, 0.29) is 23.7 Å². The predicted molar refractivity (Wildman–Crippen MR) is 160 cm³/mol. The first kappa shape index (κ1) is 38.6. The molecule has 3 aliphatic rings. The molecule has 3 aliphatic carbocycles. The van der Waals surface area contributed by atoms with Gasteiger partial charge in [-0.25, -0.2) is 0 Å². The third kappa shape index (κ3) is 7.60. The van der Waals surface area contributed by atoms with Crippen molar-refractivity contribution in [1.29, 1.82) is 0 Å². The van der Waals surface area contributed by atoms with E-state index in [1.54, 1.807) is 6.07 Å². The fourth-order valence-corrected chi connectivity index (χ4v) is 9.06. The fourth-order valence-electron chi connectivity index (χ4n) is 9.06. The number of alkyl halides is 9. The van der Waals surface area contributed by atoms with Crippen molar-refractivity contribution in [2.24, 2.45) is 29.1 Å². The highest BCUT2D eigenvalue weighted by Gasteiger charge is 2.81. The van der Waals surface area contributed by atoms with Gasteiger partial charge in [-0.05, 0) is 110 Å². The van der Waals surface area contributed by atoms with E-state index in [1.807, 2.05) is 6.07 Å². The lowest BCUT2D eigenvalue weighted by Gasteiger charge is -2.53. The molecule has 3 N–H and O–H groups in total. The number of hydrogen-bond donors (Lipinski definition) is 3. The minimum Gasteiger partial charge on any atom is -0.508 e. The Labute approximate surface area is 275 Å². The number of carboxylic acid groups (broad SMARTS) is 1. The number of aliphatic carboxylic acids is 1. The Balaban J connectivity index is 1.20. The molecule has 48 heavy (non-hydrogen) atoms. The summed E-state index contributed by atoms with van der Waals surface area (Å²) in [6.07, 6.45) is -0.270. The van der Waals surface area contributed by atoms with Crippen LogP contribution >= 0.6 is 0 Å². The first-order valence-corrected chi connectivity index (χ1v) is 17.2. The Morgan fingerprint density at radius 3 is 2.15 bits per heavy atom. The zero-order valence-corrected chi connectivity index (χ0v) is 27.2. The minimum absolute atomic E-state index is 0.0411. The van der Waals surface area contributed by atoms with E-state index in [0.717, 1.165) is 64.2 Å². The molecule has 2 fully saturated rings. The van der Waals surface area contributed by atoms with Crippen molar-refractivity contribution in [3.8, 4) is 5.75 Å². The number of carboxylic acids is 1. The zero-order valence-electron chi connectivity index (χ0n) is 27.2. The second-order valence-corrected chi connectivity index (χ2v) is 14.8. The van der Waals surface area contributed by atoms with Gasteiger partial charge in [0.1, 0.15) is 5.75 Å². The average molecular weight is 703 g/mol. The lowest BCUT2D eigenvalue weighted by Crippen LogP contribution is -2.60. The topological polar surface area (TPSA) is 77.8 Å². The van der Waals surface area contributed by atoms with Gasteiger partial charge in [0.05, 0.1) is 12.0 Å². The third-order valence-electron chi connectivity index (χ3n) is 11.8. The number of aromatic hydroxyl groups is 1. The molecule has 1 aromatic carbocycles. The maximum Gasteiger partial charge on any atom is 0.460 e. The lowest BCUT2D eigenvalue weighted by molar-refractivity contribution is -0.396. The minimum atomic E-state index is -6.94. The number of aliphatic hydroxyl groups is 1. The van der Waals surface area contributed by atoms with Gasteiger partial charge in [-0.3, -0.25) is 4.79 Å². The van der Waals surface area contributed by atoms with Crippen LogP contribution in [0.2, 0.25) is 0 Å². The molecule has 0 spiro atoms. The van der Waals surface area contributed by atoms with Crippen LogP contribution < -0.4 is 0 Å². The number of rotatable bonds is 16. The summed E-state index contributed by atoms with van der Waals surface area (Å²) in [6.45, 7) is 2.23. The van der Waals surface area contributed by atoms with Gasteiger partial charge >= 0.3 is 29.9 Å². The summed E-state index contributed by atoms with van der Waals surface area (Å²) in [7, 11) is 0. The molecule has 0 saturated heterocycles. The molecule has 4 nitrogen and oxygen atoms in total. The number of unbranched alkanes of at least 4 members (excludes halogenated alkanes) is 5. The molecule has 6 unspecified atom stereocenters. The average Bonchev–Trinajstić information content (AvgIpc) is 3.29. The predicted octanol–water partition coefficient (Wildman–Crippen LogP) is 10.3. The van der Waals surface area contributed by atoms with Gasteiger partial charge in [-0.2, -0.15) is 39.5 Å². The van der Waals surface area contributed by atoms with Gasteiger partial charge in [0.25, 0.3) is 0 Å². The molecule has 1 aromatic rings. The maximum atomic E-state index is 13.8. The zero-order chi connectivity index (χ0) is 35.7. The van der Waals surface area contributed by atoms with Crippen LogP contribution in [0, 0.1) is 29.1 Å². The van der Waals surface area contributed by atoms with Gasteiger partial charge < -0.3 is 15.3 Å². The van der Waals surface area contributed by atoms with Gasteiger partial charge in [0.2, 0.25) is 0 Å². The molecule has 0 bridgehead atoms. The smallest absolute Gasteiger partial charge is 0.460 e. The Bertz CT molecular complexity index is 1250. The molecule has 274 valence electrons. The highest BCUT2D eigenvalue weighted by atomic mass is 19.4. The van der Waals surface area contributed by atoms with E-state index in [2.05, 4.69) is 13.0 Å². The van der Waals surface area contributed by atoms with Gasteiger partial charge in [0.15, 0.2) is 0 Å². The summed E-state index contributed by atoms with van der Waals surface area (Å²) < 4.78 is 118. The third-order valence-corrected chi connectivity index (χ3v) is 11.8. The molecule has 4 rings (SSSR count). The monoisotopic (exact) mass is 702 g/mol. The molecule has 0 heterocycles. The van der Waals surface area contributed by atoms with Crippen LogP contribution in [-0.2, 0) is 11.2 Å². The summed E-state index contributed by atoms with van der Waals surface area (Å²) >= 11 is 0. The molecule has 0 radical (unpaired) electrons. The highest BCUT2D eigenvalue weighted by Crippen LogP contribution is 2.63. The van der Waals surface area contributed by atoms with Crippen LogP contribution in [0.4, 0.5) is 39.5 Å². The summed E-state index contributed by atoms with van der Waals surface area (Å²) in [5.74, 6) is -19.9. The Morgan fingerprint density at radius 1 is 0.875 bits per heavy atom. The van der Waals surface area contributed by atoms with Crippen molar-refractivity contribution in [3.05, 3.63) is 29.3 Å². The largest absolute Gasteiger partial charge is 0.508 e. The SMILES string of the molecule is C[C@]12CCC3c4ccc(O)cc4CC(CCCCCCCCC(CCCC(F)(F)C(F)(F)C(F)(F)C(F)(F)F)C(=O)O)C3C1CCC2O. The standard InChI is InChI=1S/C35H47F9O4/c1-31-18-16-26-25-13-12-24(45)20-23(25)19-22(29(26)27(31)14-15-28(31)46)10-7-5-3-2-4-6-9-21(30(47)48)11-8-17-32(36,37)33(38,39)34(40,41)35(42,43)44/h12-13,20-22,26-29,45-46H,2-11,14-19H2,1H3,(H,47,48)/t21?,22?,26?,27?,28?,29?,31-/m0/s1. The molecule has 0 amide bonds. The quantitative estimate of drug-likeness (QED) is 0.118. The first-order chi connectivity index (χ1) is 22.2. The van der Waals surface area contributed by atoms with Crippen molar-refractivity contribution >= 4 is 5.97 Å². The maximum absolute atomic E-state index is 13.8. The van der Waals surface area contributed by atoms with Crippen molar-refractivity contribution in [2.75, 3.05) is 0 Å². The van der Waals surface area contributed by atoms with Crippen LogP contribution in [0.5, 0.6) is 5.75 Å². The summed E-state index contributed by atoms with van der Waals surface area (Å²) in [5, 5.41) is 30.4. The van der Waals surface area contributed by atoms with E-state index in [1.165, 1.54) is 11.1 Å². The number of benzene rings is 1. The van der Waals surface area contributed by atoms with E-state index in [9.17, 15) is 59.6 Å². The molecule has 0 aliphatic heterocycles. The molecule has 2 saturated carbocycles. The highest BCUT2D eigenvalue weighted by molar-refractivity contribution is 5.69. The Morgan fingerprint density at radius 2 is 1.50 bits per heavy atom. The van der Waals surface area contributed by atoms with Crippen molar-refractivity contribution < 1.29 is 59.6 Å². The van der Waals surface area contributed by atoms with Crippen LogP contribution in [0.3, 0.4) is 0 Å². The van der Waals surface area contributed by atoms with Gasteiger partial charge in [-0.1, -0.05) is 51.5 Å². The van der Waals surface area contributed by atoms with Gasteiger partial charge in [-0.15, -0.1) is 0 Å². The van der Waals surface area contributed by atoms with Gasteiger partial charge in [0, 0.05) is 6.42 Å². The second kappa shape index (κ2) is 14.6. The molecular weight excluding hydrogens is 655 g/mol. The summed E-state index contributed by atoms with van der Waals surface area (Å²) in [5.41, 5.74) is 2.45. The molecule has 7 atom stereocenters. The molecule has 13 heteroatoms. The van der Waals surface area contributed by atoms with E-state index in [4.69, 9.17) is 0 Å². The van der Waals surface area contributed by atoms with Crippen molar-refractivity contribution in [2.45, 2.75) is 146 Å². The van der Waals surface area contributed by atoms with Crippen molar-refractivity contribution in [3.63, 3.8) is 0 Å². The normalized spacial score (nSPS) is 28.4. The number of hydrogen-bond acceptors (Lipinski definition) is 3. The fraction of sp³-hybridized carbons (Fsp3) is 0.800. The summed E-state index contributed by atoms with van der Waals surface area (Å²) in [6, 6.07) is 5.71. The van der Waals surface area contributed by atoms with Crippen molar-refractivity contribution in [1.82, 2.24) is 0 Å². The number of halogens is 9.